The van der Waals surface area contributed by atoms with Gasteiger partial charge >= 0.3 is 0 Å². The zero-order chi connectivity index (χ0) is 14.8. The van der Waals surface area contributed by atoms with Crippen molar-refractivity contribution in [2.24, 2.45) is 5.84 Å². The lowest BCUT2D eigenvalue weighted by molar-refractivity contribution is 0.296. The molecule has 0 fully saturated rings. The number of methoxy groups -OCH3 is 1. The third-order valence-electron chi connectivity index (χ3n) is 4.04. The van der Waals surface area contributed by atoms with Gasteiger partial charge in [0.2, 0.25) is 0 Å². The number of hydrazine groups is 1. The van der Waals surface area contributed by atoms with Crippen molar-refractivity contribution < 1.29 is 9.47 Å². The monoisotopic (exact) mass is 284 g/mol. The fourth-order valence-electron chi connectivity index (χ4n) is 2.98. The Morgan fingerprint density at radius 2 is 2.10 bits per heavy atom. The highest BCUT2D eigenvalue weighted by Gasteiger charge is 2.33. The highest BCUT2D eigenvalue weighted by Crippen LogP contribution is 2.43. The van der Waals surface area contributed by atoms with Crippen LogP contribution < -0.4 is 20.7 Å². The van der Waals surface area contributed by atoms with E-state index in [0.29, 0.717) is 6.61 Å². The normalized spacial score (nSPS) is 18.0. The number of nitrogens with one attached hydrogen (secondary N) is 1. The molecule has 1 heterocycles. The fraction of sp³-hybridized carbons (Fsp3) is 0.294. The molecule has 2 aromatic rings. The molecule has 0 amide bonds. The van der Waals surface area contributed by atoms with Crippen LogP contribution in [-0.4, -0.2) is 13.7 Å². The average Bonchev–Trinajstić information content (AvgIpc) is 2.93. The van der Waals surface area contributed by atoms with Gasteiger partial charge < -0.3 is 9.47 Å². The summed E-state index contributed by atoms with van der Waals surface area (Å²) in [7, 11) is 1.68. The van der Waals surface area contributed by atoms with Crippen LogP contribution in [-0.2, 0) is 0 Å². The van der Waals surface area contributed by atoms with E-state index in [1.54, 1.807) is 7.11 Å². The van der Waals surface area contributed by atoms with Gasteiger partial charge in [-0.15, -0.1) is 0 Å². The third kappa shape index (κ3) is 2.48. The highest BCUT2D eigenvalue weighted by atomic mass is 16.5. The molecule has 0 spiro atoms. The Labute approximate surface area is 124 Å². The number of hydrogen-bond acceptors (Lipinski definition) is 4. The minimum Gasteiger partial charge on any atom is -0.496 e. The summed E-state index contributed by atoms with van der Waals surface area (Å²) in [6, 6.07) is 14.2. The molecule has 2 atom stereocenters. The smallest absolute Gasteiger partial charge is 0.123 e. The minimum absolute atomic E-state index is 0.0523. The second kappa shape index (κ2) is 5.76. The summed E-state index contributed by atoms with van der Waals surface area (Å²) in [5, 5.41) is 0. The number of benzene rings is 2. The topological polar surface area (TPSA) is 56.5 Å². The summed E-state index contributed by atoms with van der Waals surface area (Å²) >= 11 is 0. The van der Waals surface area contributed by atoms with Gasteiger partial charge in [0.25, 0.3) is 0 Å². The molecular weight excluding hydrogens is 264 g/mol. The van der Waals surface area contributed by atoms with Gasteiger partial charge in [0.05, 0.1) is 19.8 Å². The molecule has 0 saturated heterocycles. The van der Waals surface area contributed by atoms with Gasteiger partial charge in [0.1, 0.15) is 11.5 Å². The maximum Gasteiger partial charge on any atom is 0.123 e. The average molecular weight is 284 g/mol. The SMILES string of the molecule is COc1ccc(C)cc1C(NN)C1COc2ccccc21. The zero-order valence-electron chi connectivity index (χ0n) is 12.3. The number of rotatable bonds is 4. The Hall–Kier alpha value is -2.04. The predicted molar refractivity (Wildman–Crippen MR) is 82.5 cm³/mol. The van der Waals surface area contributed by atoms with Gasteiger partial charge in [-0.05, 0) is 19.1 Å². The van der Waals surface area contributed by atoms with Crippen molar-refractivity contribution in [3.63, 3.8) is 0 Å². The lowest BCUT2D eigenvalue weighted by atomic mass is 9.88. The number of aryl methyl sites for hydroxylation is 1. The first-order chi connectivity index (χ1) is 10.2. The number of para-hydroxylation sites is 1. The van der Waals surface area contributed by atoms with Crippen molar-refractivity contribution in [2.75, 3.05) is 13.7 Å². The predicted octanol–water partition coefficient (Wildman–Crippen LogP) is 2.68. The van der Waals surface area contributed by atoms with Gasteiger partial charge in [0, 0.05) is 17.0 Å². The Morgan fingerprint density at radius 3 is 2.86 bits per heavy atom. The first kappa shape index (κ1) is 13.9. The van der Waals surface area contributed by atoms with E-state index in [9.17, 15) is 0 Å². The molecule has 0 radical (unpaired) electrons. The van der Waals surface area contributed by atoms with Crippen LogP contribution in [0, 0.1) is 6.92 Å². The van der Waals surface area contributed by atoms with Crippen molar-refractivity contribution in [3.8, 4) is 11.5 Å². The van der Waals surface area contributed by atoms with Crippen LogP contribution >= 0.6 is 0 Å². The molecule has 110 valence electrons. The van der Waals surface area contributed by atoms with E-state index < -0.39 is 0 Å². The lowest BCUT2D eigenvalue weighted by Gasteiger charge is -2.24. The molecule has 2 aromatic carbocycles. The van der Waals surface area contributed by atoms with E-state index >= 15 is 0 Å². The van der Waals surface area contributed by atoms with Crippen molar-refractivity contribution >= 4 is 0 Å². The van der Waals surface area contributed by atoms with Crippen LogP contribution in [0.25, 0.3) is 0 Å². The lowest BCUT2D eigenvalue weighted by Crippen LogP contribution is -2.33. The van der Waals surface area contributed by atoms with Crippen LogP contribution in [0.2, 0.25) is 0 Å². The van der Waals surface area contributed by atoms with Crippen LogP contribution in [0.4, 0.5) is 0 Å². The molecule has 0 bridgehead atoms. The first-order valence-corrected chi connectivity index (χ1v) is 7.07. The van der Waals surface area contributed by atoms with Crippen molar-refractivity contribution in [1.82, 2.24) is 5.43 Å². The van der Waals surface area contributed by atoms with Gasteiger partial charge in [-0.3, -0.25) is 11.3 Å². The van der Waals surface area contributed by atoms with Crippen LogP contribution in [0.1, 0.15) is 28.7 Å². The van der Waals surface area contributed by atoms with Gasteiger partial charge in [-0.1, -0.05) is 35.9 Å². The number of nitrogens with two attached hydrogens (primary N) is 1. The van der Waals surface area contributed by atoms with Crippen LogP contribution in [0.15, 0.2) is 42.5 Å². The summed E-state index contributed by atoms with van der Waals surface area (Å²) in [4.78, 5) is 0. The van der Waals surface area contributed by atoms with Crippen LogP contribution in [0.5, 0.6) is 11.5 Å². The molecule has 1 aliphatic heterocycles. The molecule has 0 aliphatic carbocycles. The summed E-state index contributed by atoms with van der Waals surface area (Å²) < 4.78 is 11.3. The number of fused-ring (bicyclic) bond motifs is 1. The van der Waals surface area contributed by atoms with E-state index in [1.807, 2.05) is 30.3 Å². The summed E-state index contributed by atoms with van der Waals surface area (Å²) in [5.41, 5.74) is 6.37. The van der Waals surface area contributed by atoms with E-state index in [4.69, 9.17) is 15.3 Å². The van der Waals surface area contributed by atoms with E-state index in [-0.39, 0.29) is 12.0 Å². The molecule has 21 heavy (non-hydrogen) atoms. The van der Waals surface area contributed by atoms with Crippen molar-refractivity contribution in [2.45, 2.75) is 18.9 Å². The van der Waals surface area contributed by atoms with Gasteiger partial charge in [0.15, 0.2) is 0 Å². The highest BCUT2D eigenvalue weighted by molar-refractivity contribution is 5.46. The quantitative estimate of drug-likeness (QED) is 0.669. The van der Waals surface area contributed by atoms with E-state index in [0.717, 1.165) is 17.1 Å². The van der Waals surface area contributed by atoms with Gasteiger partial charge in [-0.25, -0.2) is 0 Å². The zero-order valence-corrected chi connectivity index (χ0v) is 12.3. The Morgan fingerprint density at radius 1 is 1.29 bits per heavy atom. The maximum absolute atomic E-state index is 5.85. The summed E-state index contributed by atoms with van der Waals surface area (Å²) in [5.74, 6) is 7.80. The van der Waals surface area contributed by atoms with Crippen LogP contribution in [0.3, 0.4) is 0 Å². The Bertz CT molecular complexity index is 642. The van der Waals surface area contributed by atoms with Crippen molar-refractivity contribution in [3.05, 3.63) is 59.2 Å². The Kier molecular flexibility index (Phi) is 3.82. The molecule has 3 rings (SSSR count). The molecule has 3 N–H and O–H groups in total. The maximum atomic E-state index is 5.85. The molecule has 4 nitrogen and oxygen atoms in total. The number of ether oxygens (including phenoxy) is 2. The second-order valence-electron chi connectivity index (χ2n) is 5.35. The molecule has 2 unspecified atom stereocenters. The second-order valence-corrected chi connectivity index (χ2v) is 5.35. The Balaban J connectivity index is 2.02. The largest absolute Gasteiger partial charge is 0.496 e. The molecule has 0 saturated carbocycles. The number of hydrogen-bond donors (Lipinski definition) is 2. The molecule has 4 heteroatoms. The minimum atomic E-state index is -0.0523. The molecule has 1 aliphatic rings. The van der Waals surface area contributed by atoms with E-state index in [1.165, 1.54) is 11.1 Å². The molecule has 0 aromatic heterocycles. The molecular formula is C17H20N2O2. The van der Waals surface area contributed by atoms with E-state index in [2.05, 4.69) is 24.5 Å². The summed E-state index contributed by atoms with van der Waals surface area (Å²) in [6.45, 7) is 2.68. The fourth-order valence-corrected chi connectivity index (χ4v) is 2.98. The third-order valence-corrected chi connectivity index (χ3v) is 4.04. The van der Waals surface area contributed by atoms with Crippen molar-refractivity contribution in [1.29, 1.82) is 0 Å². The standard InChI is InChI=1S/C17H20N2O2/c1-11-7-8-15(20-2)13(9-11)17(19-18)14-10-21-16-6-4-3-5-12(14)16/h3-9,14,17,19H,10,18H2,1-2H3. The summed E-state index contributed by atoms with van der Waals surface area (Å²) in [6.07, 6.45) is 0. The van der Waals surface area contributed by atoms with Gasteiger partial charge in [-0.2, -0.15) is 0 Å². The first-order valence-electron chi connectivity index (χ1n) is 7.07.